The summed E-state index contributed by atoms with van der Waals surface area (Å²) in [6.45, 7) is 2.40. The van der Waals surface area contributed by atoms with Gasteiger partial charge in [0, 0.05) is 14.1 Å². The Labute approximate surface area is 90.3 Å². The van der Waals surface area contributed by atoms with Gasteiger partial charge < -0.3 is 9.32 Å². The van der Waals surface area contributed by atoms with E-state index in [9.17, 15) is 4.79 Å². The second kappa shape index (κ2) is 5.56. The molecule has 0 spiro atoms. The minimum absolute atomic E-state index is 0.0695. The highest BCUT2D eigenvalue weighted by Crippen LogP contribution is 2.16. The van der Waals surface area contributed by atoms with E-state index in [4.69, 9.17) is 4.42 Å². The van der Waals surface area contributed by atoms with E-state index in [1.165, 1.54) is 0 Å². The van der Waals surface area contributed by atoms with Gasteiger partial charge in [-0.15, -0.1) is 0 Å². The summed E-state index contributed by atoms with van der Waals surface area (Å²) in [5.41, 5.74) is 0. The fourth-order valence-electron chi connectivity index (χ4n) is 1.30. The van der Waals surface area contributed by atoms with Gasteiger partial charge in [-0.25, -0.2) is 0 Å². The summed E-state index contributed by atoms with van der Waals surface area (Å²) in [5, 5.41) is 3.17. The molecule has 1 amide bonds. The summed E-state index contributed by atoms with van der Waals surface area (Å²) in [4.78, 5) is 12.9. The summed E-state index contributed by atoms with van der Waals surface area (Å²) in [6.07, 6.45) is 2.54. The molecular formula is C11H18N2O2. The molecule has 0 aliphatic rings. The van der Waals surface area contributed by atoms with Crippen LogP contribution in [0.2, 0.25) is 0 Å². The van der Waals surface area contributed by atoms with Gasteiger partial charge >= 0.3 is 0 Å². The third-order valence-corrected chi connectivity index (χ3v) is 2.29. The van der Waals surface area contributed by atoms with Crippen LogP contribution in [0.4, 0.5) is 0 Å². The van der Waals surface area contributed by atoms with Crippen molar-refractivity contribution >= 4 is 5.91 Å². The number of amides is 1. The third-order valence-electron chi connectivity index (χ3n) is 2.29. The topological polar surface area (TPSA) is 45.5 Å². The SMILES string of the molecule is CCC(NCC(=O)N(C)C)c1ccco1. The van der Waals surface area contributed by atoms with Crippen LogP contribution in [0.25, 0.3) is 0 Å². The van der Waals surface area contributed by atoms with Crippen LogP contribution in [0.5, 0.6) is 0 Å². The summed E-state index contributed by atoms with van der Waals surface area (Å²) >= 11 is 0. The number of hydrogen-bond donors (Lipinski definition) is 1. The van der Waals surface area contributed by atoms with Crippen molar-refractivity contribution in [2.24, 2.45) is 0 Å². The van der Waals surface area contributed by atoms with Gasteiger partial charge in [0.1, 0.15) is 5.76 Å². The maximum absolute atomic E-state index is 11.4. The Morgan fingerprint density at radius 1 is 1.60 bits per heavy atom. The van der Waals surface area contributed by atoms with Crippen LogP contribution in [0.3, 0.4) is 0 Å². The zero-order valence-electron chi connectivity index (χ0n) is 9.49. The third kappa shape index (κ3) is 3.40. The van der Waals surface area contributed by atoms with E-state index in [1.54, 1.807) is 25.3 Å². The predicted octanol–water partition coefficient (Wildman–Crippen LogP) is 1.41. The molecular weight excluding hydrogens is 192 g/mol. The van der Waals surface area contributed by atoms with Gasteiger partial charge in [0.15, 0.2) is 0 Å². The quantitative estimate of drug-likeness (QED) is 0.799. The molecule has 84 valence electrons. The Morgan fingerprint density at radius 3 is 2.80 bits per heavy atom. The molecule has 1 rings (SSSR count). The Bertz CT molecular complexity index is 294. The summed E-state index contributed by atoms with van der Waals surface area (Å²) in [7, 11) is 3.50. The van der Waals surface area contributed by atoms with Gasteiger partial charge in [-0.3, -0.25) is 10.1 Å². The van der Waals surface area contributed by atoms with E-state index in [0.717, 1.165) is 12.2 Å². The van der Waals surface area contributed by atoms with E-state index in [-0.39, 0.29) is 11.9 Å². The van der Waals surface area contributed by atoms with Crippen LogP contribution in [0.1, 0.15) is 25.1 Å². The highest BCUT2D eigenvalue weighted by molar-refractivity contribution is 5.77. The number of rotatable bonds is 5. The van der Waals surface area contributed by atoms with Gasteiger partial charge in [0.25, 0.3) is 0 Å². The zero-order valence-corrected chi connectivity index (χ0v) is 9.49. The Kier molecular flexibility index (Phi) is 4.37. The predicted molar refractivity (Wildman–Crippen MR) is 58.4 cm³/mol. The molecule has 0 fully saturated rings. The van der Waals surface area contributed by atoms with Crippen molar-refractivity contribution in [3.8, 4) is 0 Å². The molecule has 15 heavy (non-hydrogen) atoms. The summed E-state index contributed by atoms with van der Waals surface area (Å²) in [6, 6.07) is 3.89. The van der Waals surface area contributed by atoms with Crippen molar-refractivity contribution in [2.75, 3.05) is 20.6 Å². The first-order chi connectivity index (χ1) is 7.15. The van der Waals surface area contributed by atoms with Crippen LogP contribution in [-0.2, 0) is 4.79 Å². The molecule has 0 aliphatic carbocycles. The number of furan rings is 1. The monoisotopic (exact) mass is 210 g/mol. The molecule has 0 bridgehead atoms. The first kappa shape index (κ1) is 11.8. The molecule has 4 nitrogen and oxygen atoms in total. The van der Waals surface area contributed by atoms with E-state index in [2.05, 4.69) is 12.2 Å². The van der Waals surface area contributed by atoms with Crippen molar-refractivity contribution in [1.29, 1.82) is 0 Å². The number of carbonyl (C=O) groups excluding carboxylic acids is 1. The summed E-state index contributed by atoms with van der Waals surface area (Å²) < 4.78 is 5.29. The summed E-state index contributed by atoms with van der Waals surface area (Å²) in [5.74, 6) is 0.948. The second-order valence-electron chi connectivity index (χ2n) is 3.65. The minimum Gasteiger partial charge on any atom is -0.468 e. The molecule has 1 N–H and O–H groups in total. The fraction of sp³-hybridized carbons (Fsp3) is 0.545. The van der Waals surface area contributed by atoms with E-state index < -0.39 is 0 Å². The number of nitrogens with zero attached hydrogens (tertiary/aromatic N) is 1. The fourth-order valence-corrected chi connectivity index (χ4v) is 1.30. The molecule has 0 saturated heterocycles. The van der Waals surface area contributed by atoms with E-state index >= 15 is 0 Å². The number of carbonyl (C=O) groups is 1. The van der Waals surface area contributed by atoms with Gasteiger partial charge in [0.2, 0.25) is 5.91 Å². The van der Waals surface area contributed by atoms with Crippen molar-refractivity contribution in [3.63, 3.8) is 0 Å². The Morgan fingerprint density at radius 2 is 2.33 bits per heavy atom. The first-order valence-electron chi connectivity index (χ1n) is 5.12. The highest BCUT2D eigenvalue weighted by atomic mass is 16.3. The van der Waals surface area contributed by atoms with Gasteiger partial charge in [-0.05, 0) is 18.6 Å². The van der Waals surface area contributed by atoms with Crippen molar-refractivity contribution in [1.82, 2.24) is 10.2 Å². The van der Waals surface area contributed by atoms with Crippen LogP contribution in [0.15, 0.2) is 22.8 Å². The van der Waals surface area contributed by atoms with Gasteiger partial charge in [-0.2, -0.15) is 0 Å². The maximum atomic E-state index is 11.4. The number of hydrogen-bond acceptors (Lipinski definition) is 3. The van der Waals surface area contributed by atoms with Crippen LogP contribution < -0.4 is 5.32 Å². The van der Waals surface area contributed by atoms with E-state index in [0.29, 0.717) is 6.54 Å². The van der Waals surface area contributed by atoms with Crippen LogP contribution >= 0.6 is 0 Å². The normalized spacial score (nSPS) is 12.5. The largest absolute Gasteiger partial charge is 0.468 e. The highest BCUT2D eigenvalue weighted by Gasteiger charge is 2.13. The standard InChI is InChI=1S/C11H18N2O2/c1-4-9(10-6-5-7-15-10)12-8-11(14)13(2)3/h5-7,9,12H,4,8H2,1-3H3. The molecule has 0 radical (unpaired) electrons. The van der Waals surface area contributed by atoms with E-state index in [1.807, 2.05) is 12.1 Å². The molecule has 0 aliphatic heterocycles. The lowest BCUT2D eigenvalue weighted by molar-refractivity contribution is -0.127. The molecule has 1 aromatic heterocycles. The molecule has 1 unspecified atom stereocenters. The average Bonchev–Trinajstić information content (AvgIpc) is 2.71. The van der Waals surface area contributed by atoms with Crippen LogP contribution in [-0.4, -0.2) is 31.4 Å². The lowest BCUT2D eigenvalue weighted by atomic mass is 10.2. The average molecular weight is 210 g/mol. The Balaban J connectivity index is 2.45. The second-order valence-corrected chi connectivity index (χ2v) is 3.65. The molecule has 0 aromatic carbocycles. The number of likely N-dealkylation sites (N-methyl/N-ethyl adjacent to an activating group) is 1. The molecule has 4 heteroatoms. The maximum Gasteiger partial charge on any atom is 0.236 e. The smallest absolute Gasteiger partial charge is 0.236 e. The molecule has 1 aromatic rings. The molecule has 1 heterocycles. The zero-order chi connectivity index (χ0) is 11.3. The molecule has 1 atom stereocenters. The first-order valence-corrected chi connectivity index (χ1v) is 5.12. The molecule has 0 saturated carbocycles. The van der Waals surface area contributed by atoms with Gasteiger partial charge in [0.05, 0.1) is 18.8 Å². The Hall–Kier alpha value is -1.29. The lowest BCUT2D eigenvalue weighted by Crippen LogP contribution is -2.34. The van der Waals surface area contributed by atoms with Crippen molar-refractivity contribution in [2.45, 2.75) is 19.4 Å². The number of nitrogens with one attached hydrogen (secondary N) is 1. The van der Waals surface area contributed by atoms with Gasteiger partial charge in [-0.1, -0.05) is 6.92 Å². The van der Waals surface area contributed by atoms with Crippen LogP contribution in [0, 0.1) is 0 Å². The lowest BCUT2D eigenvalue weighted by Gasteiger charge is -2.16. The van der Waals surface area contributed by atoms with Crippen molar-refractivity contribution in [3.05, 3.63) is 24.2 Å². The minimum atomic E-state index is 0.0695. The van der Waals surface area contributed by atoms with Crippen molar-refractivity contribution < 1.29 is 9.21 Å².